The number of urea groups is 1. The van der Waals surface area contributed by atoms with Gasteiger partial charge in [-0.25, -0.2) is 4.79 Å². The number of aromatic nitrogens is 2. The highest BCUT2D eigenvalue weighted by molar-refractivity contribution is 5.88. The molecule has 0 spiro atoms. The lowest BCUT2D eigenvalue weighted by Crippen LogP contribution is -2.30. The zero-order valence-electron chi connectivity index (χ0n) is 14.3. The van der Waals surface area contributed by atoms with E-state index >= 15 is 0 Å². The molecule has 2 amide bonds. The Labute approximate surface area is 142 Å². The first-order chi connectivity index (χ1) is 11.4. The van der Waals surface area contributed by atoms with Gasteiger partial charge in [0.15, 0.2) is 5.82 Å². The Morgan fingerprint density at radius 2 is 1.83 bits per heavy atom. The molecule has 3 N–H and O–H groups in total. The minimum atomic E-state index is -0.600. The van der Waals surface area contributed by atoms with Crippen LogP contribution in [0.3, 0.4) is 0 Å². The van der Waals surface area contributed by atoms with Crippen LogP contribution in [-0.2, 0) is 5.41 Å². The first-order valence-electron chi connectivity index (χ1n) is 7.98. The van der Waals surface area contributed by atoms with Crippen LogP contribution < -0.4 is 10.6 Å². The van der Waals surface area contributed by atoms with Crippen molar-refractivity contribution in [2.24, 2.45) is 0 Å². The summed E-state index contributed by atoms with van der Waals surface area (Å²) in [5, 5.41) is 23.5. The van der Waals surface area contributed by atoms with E-state index in [2.05, 4.69) is 41.6 Å². The van der Waals surface area contributed by atoms with Gasteiger partial charge in [0, 0.05) is 12.0 Å². The molecule has 0 aliphatic heterocycles. The summed E-state index contributed by atoms with van der Waals surface area (Å²) >= 11 is 0. The molecular formula is C18H24N4O2. The van der Waals surface area contributed by atoms with Crippen molar-refractivity contribution in [2.45, 2.75) is 38.7 Å². The Morgan fingerprint density at radius 3 is 2.42 bits per heavy atom. The molecule has 1 aromatic carbocycles. The lowest BCUT2D eigenvalue weighted by molar-refractivity contribution is 0.167. The first kappa shape index (κ1) is 17.9. The van der Waals surface area contributed by atoms with Crippen LogP contribution in [0.2, 0.25) is 0 Å². The van der Waals surface area contributed by atoms with Gasteiger partial charge in [-0.3, -0.25) is 5.32 Å². The van der Waals surface area contributed by atoms with E-state index in [9.17, 15) is 9.90 Å². The standard InChI is InChI=1S/C18H24N4O2/c1-18(2,3)15-9-10-16(22-21-15)20-17(24)19-12-11-14(23)13-7-5-4-6-8-13/h4-10,14,23H,11-12H2,1-3H3,(H2,19,20,22,24). The van der Waals surface area contributed by atoms with E-state index in [-0.39, 0.29) is 11.4 Å². The largest absolute Gasteiger partial charge is 0.388 e. The lowest BCUT2D eigenvalue weighted by atomic mass is 9.92. The molecule has 1 aromatic heterocycles. The fraction of sp³-hybridized carbons (Fsp3) is 0.389. The van der Waals surface area contributed by atoms with Crippen molar-refractivity contribution < 1.29 is 9.90 Å². The van der Waals surface area contributed by atoms with Gasteiger partial charge >= 0.3 is 6.03 Å². The number of aliphatic hydroxyl groups is 1. The minimum Gasteiger partial charge on any atom is -0.388 e. The summed E-state index contributed by atoms with van der Waals surface area (Å²) in [5.74, 6) is 0.393. The third-order valence-electron chi connectivity index (χ3n) is 3.56. The molecule has 0 saturated heterocycles. The van der Waals surface area contributed by atoms with Crippen LogP contribution in [0.4, 0.5) is 10.6 Å². The topological polar surface area (TPSA) is 87.1 Å². The van der Waals surface area contributed by atoms with Gasteiger partial charge < -0.3 is 10.4 Å². The Morgan fingerprint density at radius 1 is 1.12 bits per heavy atom. The van der Waals surface area contributed by atoms with Gasteiger partial charge in [0.25, 0.3) is 0 Å². The fourth-order valence-electron chi connectivity index (χ4n) is 2.12. The number of rotatable bonds is 5. The maximum Gasteiger partial charge on any atom is 0.320 e. The monoisotopic (exact) mass is 328 g/mol. The van der Waals surface area contributed by atoms with E-state index in [1.165, 1.54) is 0 Å². The lowest BCUT2D eigenvalue weighted by Gasteiger charge is -2.16. The minimum absolute atomic E-state index is 0.0820. The van der Waals surface area contributed by atoms with Crippen LogP contribution in [0.5, 0.6) is 0 Å². The third kappa shape index (κ3) is 5.31. The van der Waals surface area contributed by atoms with Crippen LogP contribution in [0.1, 0.15) is 44.6 Å². The number of hydrogen-bond donors (Lipinski definition) is 3. The molecule has 1 unspecified atom stereocenters. The fourth-order valence-corrected chi connectivity index (χ4v) is 2.12. The number of amides is 2. The molecule has 2 rings (SSSR count). The van der Waals surface area contributed by atoms with E-state index < -0.39 is 6.10 Å². The average Bonchev–Trinajstić information content (AvgIpc) is 2.55. The molecule has 1 atom stereocenters. The van der Waals surface area contributed by atoms with Crippen LogP contribution in [0.15, 0.2) is 42.5 Å². The van der Waals surface area contributed by atoms with Gasteiger partial charge in [0.2, 0.25) is 0 Å². The van der Waals surface area contributed by atoms with Crippen molar-refractivity contribution in [2.75, 3.05) is 11.9 Å². The van der Waals surface area contributed by atoms with Crippen molar-refractivity contribution in [1.82, 2.24) is 15.5 Å². The molecule has 1 heterocycles. The van der Waals surface area contributed by atoms with E-state index in [1.54, 1.807) is 6.07 Å². The van der Waals surface area contributed by atoms with Crippen LogP contribution in [0.25, 0.3) is 0 Å². The normalized spacial score (nSPS) is 12.5. The SMILES string of the molecule is CC(C)(C)c1ccc(NC(=O)NCCC(O)c2ccccc2)nn1. The van der Waals surface area contributed by atoms with Crippen LogP contribution >= 0.6 is 0 Å². The van der Waals surface area contributed by atoms with Gasteiger partial charge in [-0.1, -0.05) is 51.1 Å². The van der Waals surface area contributed by atoms with Crippen LogP contribution in [0, 0.1) is 0 Å². The van der Waals surface area contributed by atoms with Crippen molar-refractivity contribution in [3.63, 3.8) is 0 Å². The highest BCUT2D eigenvalue weighted by Gasteiger charge is 2.16. The molecule has 0 radical (unpaired) electrons. The Kier molecular flexibility index (Phi) is 5.87. The van der Waals surface area contributed by atoms with Crippen molar-refractivity contribution in [3.8, 4) is 0 Å². The van der Waals surface area contributed by atoms with Gasteiger partial charge in [0.05, 0.1) is 11.8 Å². The highest BCUT2D eigenvalue weighted by atomic mass is 16.3. The zero-order valence-corrected chi connectivity index (χ0v) is 14.3. The zero-order chi connectivity index (χ0) is 17.6. The van der Waals surface area contributed by atoms with Crippen LogP contribution in [-0.4, -0.2) is 27.9 Å². The Hall–Kier alpha value is -2.47. The summed E-state index contributed by atoms with van der Waals surface area (Å²) in [5.41, 5.74) is 1.62. The summed E-state index contributed by atoms with van der Waals surface area (Å²) in [4.78, 5) is 11.8. The molecule has 6 nitrogen and oxygen atoms in total. The molecule has 2 aromatic rings. The predicted octanol–water partition coefficient (Wildman–Crippen LogP) is 3.02. The molecule has 0 fully saturated rings. The van der Waals surface area contributed by atoms with Gasteiger partial charge in [-0.2, -0.15) is 5.10 Å². The third-order valence-corrected chi connectivity index (χ3v) is 3.56. The maximum atomic E-state index is 11.8. The highest BCUT2D eigenvalue weighted by Crippen LogP contribution is 2.19. The Balaban J connectivity index is 1.77. The van der Waals surface area contributed by atoms with E-state index in [0.29, 0.717) is 18.8 Å². The number of carbonyl (C=O) groups is 1. The number of aliphatic hydroxyl groups excluding tert-OH is 1. The summed E-state index contributed by atoms with van der Waals surface area (Å²) in [6.45, 7) is 6.51. The molecule has 0 saturated carbocycles. The number of carbonyl (C=O) groups excluding carboxylic acids is 1. The molecule has 128 valence electrons. The second-order valence-corrected chi connectivity index (χ2v) is 6.65. The number of hydrogen-bond acceptors (Lipinski definition) is 4. The first-order valence-corrected chi connectivity index (χ1v) is 7.98. The van der Waals surface area contributed by atoms with E-state index in [4.69, 9.17) is 0 Å². The Bertz CT molecular complexity index is 651. The number of benzene rings is 1. The second kappa shape index (κ2) is 7.88. The molecule has 0 aliphatic carbocycles. The number of nitrogens with zero attached hydrogens (tertiary/aromatic N) is 2. The smallest absolute Gasteiger partial charge is 0.320 e. The van der Waals surface area contributed by atoms with E-state index in [1.807, 2.05) is 36.4 Å². The molecular weight excluding hydrogens is 304 g/mol. The molecule has 0 bridgehead atoms. The quantitative estimate of drug-likeness (QED) is 0.787. The summed E-state index contributed by atoms with van der Waals surface area (Å²) in [6, 6.07) is 12.6. The summed E-state index contributed by atoms with van der Waals surface area (Å²) < 4.78 is 0. The molecule has 6 heteroatoms. The summed E-state index contributed by atoms with van der Waals surface area (Å²) in [7, 11) is 0. The number of nitrogens with one attached hydrogen (secondary N) is 2. The van der Waals surface area contributed by atoms with Crippen molar-refractivity contribution in [3.05, 3.63) is 53.7 Å². The average molecular weight is 328 g/mol. The predicted molar refractivity (Wildman–Crippen MR) is 93.8 cm³/mol. The maximum absolute atomic E-state index is 11.8. The van der Waals surface area contributed by atoms with Gasteiger partial charge in [-0.15, -0.1) is 5.10 Å². The van der Waals surface area contributed by atoms with Crippen molar-refractivity contribution >= 4 is 11.8 Å². The molecule has 0 aliphatic rings. The van der Waals surface area contributed by atoms with Crippen molar-refractivity contribution in [1.29, 1.82) is 0 Å². The summed E-state index contributed by atoms with van der Waals surface area (Å²) in [6.07, 6.45) is -0.163. The van der Waals surface area contributed by atoms with E-state index in [0.717, 1.165) is 11.3 Å². The number of anilines is 1. The van der Waals surface area contributed by atoms with Gasteiger partial charge in [-0.05, 0) is 24.1 Å². The second-order valence-electron chi connectivity index (χ2n) is 6.65. The van der Waals surface area contributed by atoms with Gasteiger partial charge in [0.1, 0.15) is 0 Å². The molecule has 24 heavy (non-hydrogen) atoms.